The van der Waals surface area contributed by atoms with Gasteiger partial charge in [0.2, 0.25) is 0 Å². The molecule has 0 heterocycles. The number of aliphatic hydroxyl groups excluding tert-OH is 2. The summed E-state index contributed by atoms with van der Waals surface area (Å²) >= 11 is 0. The van der Waals surface area contributed by atoms with E-state index in [9.17, 15) is 4.79 Å². The third-order valence-electron chi connectivity index (χ3n) is 2.46. The van der Waals surface area contributed by atoms with Crippen LogP contribution in [0, 0.1) is 0 Å². The highest BCUT2D eigenvalue weighted by Crippen LogP contribution is 2.09. The van der Waals surface area contributed by atoms with E-state index in [4.69, 9.17) is 14.9 Å². The van der Waals surface area contributed by atoms with Gasteiger partial charge in [-0.2, -0.15) is 0 Å². The molecule has 0 aromatic heterocycles. The van der Waals surface area contributed by atoms with Gasteiger partial charge in [-0.25, -0.2) is 4.79 Å². The van der Waals surface area contributed by atoms with Crippen molar-refractivity contribution in [3.8, 4) is 0 Å². The highest BCUT2D eigenvalue weighted by molar-refractivity contribution is 5.87. The number of carbonyl (C=O) groups excluding carboxylic acids is 1. The van der Waals surface area contributed by atoms with Crippen molar-refractivity contribution in [2.45, 2.75) is 18.9 Å². The van der Waals surface area contributed by atoms with Gasteiger partial charge in [0, 0.05) is 5.57 Å². The third kappa shape index (κ3) is 5.12. The predicted octanol–water partition coefficient (Wildman–Crippen LogP) is 1.07. The number of hydrogen-bond donors (Lipinski definition) is 2. The number of rotatable bonds is 7. The number of aliphatic hydroxyl groups is 2. The summed E-state index contributed by atoms with van der Waals surface area (Å²) in [6.07, 6.45) is 0.200. The van der Waals surface area contributed by atoms with Crippen LogP contribution < -0.4 is 0 Å². The lowest BCUT2D eigenvalue weighted by Gasteiger charge is -2.09. The van der Waals surface area contributed by atoms with Gasteiger partial charge < -0.3 is 14.9 Å². The predicted molar refractivity (Wildman–Crippen MR) is 68.0 cm³/mol. The molecule has 0 fully saturated rings. The minimum atomic E-state index is -1.03. The first kappa shape index (κ1) is 14.4. The van der Waals surface area contributed by atoms with Gasteiger partial charge in [0.1, 0.15) is 12.7 Å². The van der Waals surface area contributed by atoms with E-state index < -0.39 is 18.7 Å². The fourth-order valence-corrected chi connectivity index (χ4v) is 1.37. The number of aryl methyl sites for hydroxylation is 1. The van der Waals surface area contributed by atoms with Crippen molar-refractivity contribution in [2.75, 3.05) is 13.2 Å². The lowest BCUT2D eigenvalue weighted by molar-refractivity contribution is -0.142. The SMILES string of the molecule is C=C(CCc1ccccc1)C(=O)OCC(O)CO. The largest absolute Gasteiger partial charge is 0.459 e. The van der Waals surface area contributed by atoms with Crippen molar-refractivity contribution in [1.82, 2.24) is 0 Å². The van der Waals surface area contributed by atoms with Gasteiger partial charge in [-0.05, 0) is 18.4 Å². The van der Waals surface area contributed by atoms with Crippen LogP contribution in [0.4, 0.5) is 0 Å². The smallest absolute Gasteiger partial charge is 0.333 e. The number of hydrogen-bond acceptors (Lipinski definition) is 4. The first-order valence-electron chi connectivity index (χ1n) is 5.81. The maximum absolute atomic E-state index is 11.5. The van der Waals surface area contributed by atoms with E-state index in [1.165, 1.54) is 0 Å². The van der Waals surface area contributed by atoms with Crippen LogP contribution in [0.15, 0.2) is 42.5 Å². The maximum Gasteiger partial charge on any atom is 0.333 e. The molecule has 1 rings (SSSR count). The average Bonchev–Trinajstić information content (AvgIpc) is 2.42. The standard InChI is InChI=1S/C14H18O4/c1-11(14(17)18-10-13(16)9-15)7-8-12-5-3-2-4-6-12/h2-6,13,15-16H,1,7-10H2. The quantitative estimate of drug-likeness (QED) is 0.561. The van der Waals surface area contributed by atoms with E-state index in [1.54, 1.807) is 0 Å². The Balaban J connectivity index is 2.30. The molecule has 1 aromatic rings. The zero-order valence-electron chi connectivity index (χ0n) is 10.2. The van der Waals surface area contributed by atoms with E-state index >= 15 is 0 Å². The summed E-state index contributed by atoms with van der Waals surface area (Å²) in [5, 5.41) is 17.6. The third-order valence-corrected chi connectivity index (χ3v) is 2.46. The van der Waals surface area contributed by atoms with Crippen LogP contribution in [0.3, 0.4) is 0 Å². The highest BCUT2D eigenvalue weighted by atomic mass is 16.5. The molecular formula is C14H18O4. The first-order valence-corrected chi connectivity index (χ1v) is 5.81. The van der Waals surface area contributed by atoms with E-state index in [2.05, 4.69) is 6.58 Å². The summed E-state index contributed by atoms with van der Waals surface area (Å²) in [5.74, 6) is -0.529. The van der Waals surface area contributed by atoms with Gasteiger partial charge in [0.15, 0.2) is 0 Å². The van der Waals surface area contributed by atoms with Crippen LogP contribution in [0.5, 0.6) is 0 Å². The molecule has 1 aromatic carbocycles. The van der Waals surface area contributed by atoms with E-state index in [1.807, 2.05) is 30.3 Å². The number of esters is 1. The molecule has 0 bridgehead atoms. The summed E-state index contributed by atoms with van der Waals surface area (Å²) < 4.78 is 4.80. The molecule has 4 nitrogen and oxygen atoms in total. The van der Waals surface area contributed by atoms with Crippen molar-refractivity contribution in [2.24, 2.45) is 0 Å². The monoisotopic (exact) mass is 250 g/mol. The molecule has 1 atom stereocenters. The Morgan fingerprint density at radius 1 is 1.33 bits per heavy atom. The zero-order valence-corrected chi connectivity index (χ0v) is 10.2. The Kier molecular flexibility index (Phi) is 6.11. The molecular weight excluding hydrogens is 232 g/mol. The normalized spacial score (nSPS) is 11.9. The van der Waals surface area contributed by atoms with E-state index in [0.29, 0.717) is 12.0 Å². The van der Waals surface area contributed by atoms with E-state index in [-0.39, 0.29) is 6.61 Å². The molecule has 0 amide bonds. The van der Waals surface area contributed by atoms with Crippen molar-refractivity contribution in [1.29, 1.82) is 0 Å². The second-order valence-corrected chi connectivity index (χ2v) is 4.02. The van der Waals surface area contributed by atoms with Crippen LogP contribution in [-0.4, -0.2) is 35.5 Å². The molecule has 0 saturated heterocycles. The summed E-state index contributed by atoms with van der Waals surface area (Å²) in [4.78, 5) is 11.5. The highest BCUT2D eigenvalue weighted by Gasteiger charge is 2.11. The lowest BCUT2D eigenvalue weighted by atomic mass is 10.1. The van der Waals surface area contributed by atoms with Gasteiger partial charge in [0.25, 0.3) is 0 Å². The second-order valence-electron chi connectivity index (χ2n) is 4.02. The Morgan fingerprint density at radius 2 is 2.00 bits per heavy atom. The van der Waals surface area contributed by atoms with E-state index in [0.717, 1.165) is 12.0 Å². The topological polar surface area (TPSA) is 66.8 Å². The van der Waals surface area contributed by atoms with Gasteiger partial charge >= 0.3 is 5.97 Å². The zero-order chi connectivity index (χ0) is 13.4. The van der Waals surface area contributed by atoms with Crippen molar-refractivity contribution >= 4 is 5.97 Å². The van der Waals surface area contributed by atoms with Crippen LogP contribution in [-0.2, 0) is 16.0 Å². The minimum Gasteiger partial charge on any atom is -0.459 e. The fourth-order valence-electron chi connectivity index (χ4n) is 1.37. The number of benzene rings is 1. The van der Waals surface area contributed by atoms with Gasteiger partial charge in [0.05, 0.1) is 6.61 Å². The molecule has 0 aliphatic heterocycles. The molecule has 0 radical (unpaired) electrons. The molecule has 18 heavy (non-hydrogen) atoms. The summed E-state index contributed by atoms with van der Waals surface area (Å²) in [5.41, 5.74) is 1.49. The number of carbonyl (C=O) groups is 1. The first-order chi connectivity index (χ1) is 8.63. The van der Waals surface area contributed by atoms with Crippen molar-refractivity contribution in [3.05, 3.63) is 48.0 Å². The van der Waals surface area contributed by atoms with Crippen molar-refractivity contribution < 1.29 is 19.7 Å². The Morgan fingerprint density at radius 3 is 2.61 bits per heavy atom. The molecule has 2 N–H and O–H groups in total. The number of ether oxygens (including phenoxy) is 1. The van der Waals surface area contributed by atoms with Crippen LogP contribution in [0.1, 0.15) is 12.0 Å². The Bertz CT molecular complexity index is 386. The van der Waals surface area contributed by atoms with Crippen LogP contribution in [0.25, 0.3) is 0 Å². The Hall–Kier alpha value is -1.65. The lowest BCUT2D eigenvalue weighted by Crippen LogP contribution is -2.22. The van der Waals surface area contributed by atoms with Gasteiger partial charge in [-0.15, -0.1) is 0 Å². The summed E-state index contributed by atoms with van der Waals surface area (Å²) in [6, 6.07) is 9.77. The summed E-state index contributed by atoms with van der Waals surface area (Å²) in [7, 11) is 0. The molecule has 0 aliphatic carbocycles. The molecule has 1 unspecified atom stereocenters. The molecule has 0 aliphatic rings. The van der Waals surface area contributed by atoms with Crippen LogP contribution in [0.2, 0.25) is 0 Å². The minimum absolute atomic E-state index is 0.209. The van der Waals surface area contributed by atoms with Crippen LogP contribution >= 0.6 is 0 Å². The van der Waals surface area contributed by atoms with Gasteiger partial charge in [-0.1, -0.05) is 36.9 Å². The molecule has 0 saturated carbocycles. The average molecular weight is 250 g/mol. The van der Waals surface area contributed by atoms with Crippen molar-refractivity contribution in [3.63, 3.8) is 0 Å². The summed E-state index contributed by atoms with van der Waals surface area (Å²) in [6.45, 7) is 3.02. The molecule has 98 valence electrons. The second kappa shape index (κ2) is 7.63. The maximum atomic E-state index is 11.5. The molecule has 0 spiro atoms. The van der Waals surface area contributed by atoms with Gasteiger partial charge in [-0.3, -0.25) is 0 Å². The Labute approximate surface area is 107 Å². The fraction of sp³-hybridized carbons (Fsp3) is 0.357. The molecule has 4 heteroatoms.